The van der Waals surface area contributed by atoms with E-state index in [1.807, 2.05) is 18.2 Å². The van der Waals surface area contributed by atoms with Crippen molar-refractivity contribution >= 4 is 18.0 Å². The Balaban J connectivity index is 2.56. The van der Waals surface area contributed by atoms with Crippen LogP contribution in [0.4, 0.5) is 0 Å². The maximum Gasteiger partial charge on any atom is 0.331 e. The number of ether oxygens (including phenoxy) is 2. The lowest BCUT2D eigenvalue weighted by Gasteiger charge is -2.09. The summed E-state index contributed by atoms with van der Waals surface area (Å²) >= 11 is 0. The van der Waals surface area contributed by atoms with Crippen molar-refractivity contribution < 1.29 is 19.1 Å². The fourth-order valence-corrected chi connectivity index (χ4v) is 1.27. The summed E-state index contributed by atoms with van der Waals surface area (Å²) in [5, 5.41) is 0. The molecule has 0 bridgehead atoms. The smallest absolute Gasteiger partial charge is 0.331 e. The molecule has 0 fully saturated rings. The molecule has 0 saturated carbocycles. The van der Waals surface area contributed by atoms with Gasteiger partial charge in [-0.25, -0.2) is 4.79 Å². The van der Waals surface area contributed by atoms with Crippen LogP contribution in [0.2, 0.25) is 0 Å². The number of carbonyl (C=O) groups is 2. The Bertz CT molecular complexity index is 480. The molecule has 0 radical (unpaired) electrons. The molecule has 1 amide bonds. The summed E-state index contributed by atoms with van der Waals surface area (Å²) in [6.07, 6.45) is 2.85. The van der Waals surface area contributed by atoms with Crippen LogP contribution in [0.15, 0.2) is 30.3 Å². The molecule has 19 heavy (non-hydrogen) atoms. The van der Waals surface area contributed by atoms with Crippen molar-refractivity contribution in [1.82, 2.24) is 4.90 Å². The number of nitrogens with zero attached hydrogens (tertiary/aromatic N) is 1. The molecule has 5 heteroatoms. The van der Waals surface area contributed by atoms with Gasteiger partial charge >= 0.3 is 5.97 Å². The van der Waals surface area contributed by atoms with E-state index in [1.165, 1.54) is 11.0 Å². The molecular formula is C14H17NO4. The zero-order valence-corrected chi connectivity index (χ0v) is 11.3. The Morgan fingerprint density at radius 1 is 1.26 bits per heavy atom. The number of amides is 1. The van der Waals surface area contributed by atoms with E-state index in [4.69, 9.17) is 9.47 Å². The average Bonchev–Trinajstić information content (AvgIpc) is 2.42. The van der Waals surface area contributed by atoms with E-state index < -0.39 is 5.97 Å². The van der Waals surface area contributed by atoms with E-state index in [0.29, 0.717) is 5.75 Å². The Kier molecular flexibility index (Phi) is 5.60. The normalized spacial score (nSPS) is 10.3. The Morgan fingerprint density at radius 3 is 2.58 bits per heavy atom. The quantitative estimate of drug-likeness (QED) is 0.594. The Labute approximate surface area is 112 Å². The molecule has 1 aromatic rings. The lowest BCUT2D eigenvalue weighted by Crippen LogP contribution is -2.27. The minimum absolute atomic E-state index is 0.262. The first-order valence-electron chi connectivity index (χ1n) is 5.72. The molecule has 0 unspecified atom stereocenters. The minimum atomic E-state index is -0.568. The molecule has 0 atom stereocenters. The van der Waals surface area contributed by atoms with E-state index in [9.17, 15) is 9.59 Å². The SMILES string of the molecule is COc1ccccc1C=CC(=O)OCC(=O)N(C)C. The zero-order chi connectivity index (χ0) is 14.3. The lowest BCUT2D eigenvalue weighted by atomic mass is 10.2. The standard InChI is InChI=1S/C14H17NO4/c1-15(2)13(16)10-19-14(17)9-8-11-6-4-5-7-12(11)18-3/h4-9H,10H2,1-3H3. The number of hydrogen-bond donors (Lipinski definition) is 0. The Morgan fingerprint density at radius 2 is 1.95 bits per heavy atom. The second-order valence-corrected chi connectivity index (χ2v) is 3.97. The molecule has 0 aliphatic rings. The van der Waals surface area contributed by atoms with Crippen LogP contribution in [-0.2, 0) is 14.3 Å². The molecule has 0 spiro atoms. The summed E-state index contributed by atoms with van der Waals surface area (Å²) in [5.41, 5.74) is 0.765. The molecular weight excluding hydrogens is 246 g/mol. The van der Waals surface area contributed by atoms with Crippen molar-refractivity contribution in [2.75, 3.05) is 27.8 Å². The number of benzene rings is 1. The third-order valence-electron chi connectivity index (χ3n) is 2.37. The monoisotopic (exact) mass is 263 g/mol. The molecule has 0 heterocycles. The van der Waals surface area contributed by atoms with Crippen molar-refractivity contribution in [3.63, 3.8) is 0 Å². The van der Waals surface area contributed by atoms with Crippen molar-refractivity contribution in [2.45, 2.75) is 0 Å². The van der Waals surface area contributed by atoms with E-state index in [-0.39, 0.29) is 12.5 Å². The highest BCUT2D eigenvalue weighted by atomic mass is 16.5. The molecule has 0 aromatic heterocycles. The second-order valence-electron chi connectivity index (χ2n) is 3.97. The number of esters is 1. The Hall–Kier alpha value is -2.30. The molecule has 102 valence electrons. The molecule has 5 nitrogen and oxygen atoms in total. The summed E-state index contributed by atoms with van der Waals surface area (Å²) in [4.78, 5) is 24.0. The van der Waals surface area contributed by atoms with Gasteiger partial charge in [0.1, 0.15) is 5.75 Å². The van der Waals surface area contributed by atoms with Crippen LogP contribution in [0.1, 0.15) is 5.56 Å². The van der Waals surface area contributed by atoms with Crippen LogP contribution in [-0.4, -0.2) is 44.6 Å². The van der Waals surface area contributed by atoms with Gasteiger partial charge in [-0.2, -0.15) is 0 Å². The number of para-hydroxylation sites is 1. The van der Waals surface area contributed by atoms with Crippen LogP contribution in [0, 0.1) is 0 Å². The second kappa shape index (κ2) is 7.20. The van der Waals surface area contributed by atoms with Gasteiger partial charge in [0.2, 0.25) is 0 Å². The van der Waals surface area contributed by atoms with Crippen molar-refractivity contribution in [3.8, 4) is 5.75 Å². The van der Waals surface area contributed by atoms with Crippen LogP contribution in [0.5, 0.6) is 5.75 Å². The summed E-state index contributed by atoms with van der Waals surface area (Å²) < 4.78 is 9.95. The molecule has 0 aliphatic carbocycles. The predicted octanol–water partition coefficient (Wildman–Crippen LogP) is 1.34. The van der Waals surface area contributed by atoms with Gasteiger partial charge in [-0.05, 0) is 12.1 Å². The molecule has 0 aliphatic heterocycles. The number of likely N-dealkylation sites (N-methyl/N-ethyl adjacent to an activating group) is 1. The first kappa shape index (κ1) is 14.8. The highest BCUT2D eigenvalue weighted by Crippen LogP contribution is 2.18. The fourth-order valence-electron chi connectivity index (χ4n) is 1.27. The summed E-state index contributed by atoms with van der Waals surface area (Å²) in [5.74, 6) is -0.170. The van der Waals surface area contributed by atoms with Crippen molar-refractivity contribution in [2.24, 2.45) is 0 Å². The topological polar surface area (TPSA) is 55.8 Å². The maximum absolute atomic E-state index is 11.4. The molecule has 0 N–H and O–H groups in total. The van der Waals surface area contributed by atoms with E-state index in [2.05, 4.69) is 0 Å². The third kappa shape index (κ3) is 4.83. The van der Waals surface area contributed by atoms with Gasteiger partial charge in [-0.1, -0.05) is 18.2 Å². The minimum Gasteiger partial charge on any atom is -0.496 e. The summed E-state index contributed by atoms with van der Waals surface area (Å²) in [7, 11) is 4.75. The number of methoxy groups -OCH3 is 1. The number of hydrogen-bond acceptors (Lipinski definition) is 4. The van der Waals surface area contributed by atoms with E-state index in [1.54, 1.807) is 33.3 Å². The molecule has 1 rings (SSSR count). The molecule has 1 aromatic carbocycles. The first-order valence-corrected chi connectivity index (χ1v) is 5.72. The third-order valence-corrected chi connectivity index (χ3v) is 2.37. The lowest BCUT2D eigenvalue weighted by molar-refractivity contribution is -0.146. The van der Waals surface area contributed by atoms with Gasteiger partial charge in [0.15, 0.2) is 6.61 Å². The van der Waals surface area contributed by atoms with E-state index in [0.717, 1.165) is 5.56 Å². The van der Waals surface area contributed by atoms with Gasteiger partial charge in [0.05, 0.1) is 7.11 Å². The molecule has 0 saturated heterocycles. The first-order chi connectivity index (χ1) is 9.04. The average molecular weight is 263 g/mol. The van der Waals surface area contributed by atoms with Crippen LogP contribution in [0.3, 0.4) is 0 Å². The number of carbonyl (C=O) groups excluding carboxylic acids is 2. The van der Waals surface area contributed by atoms with Gasteiger partial charge in [0, 0.05) is 25.7 Å². The van der Waals surface area contributed by atoms with Crippen LogP contribution < -0.4 is 4.74 Å². The van der Waals surface area contributed by atoms with Gasteiger partial charge in [-0.3, -0.25) is 4.79 Å². The summed E-state index contributed by atoms with van der Waals surface area (Å²) in [6.45, 7) is -0.262. The fraction of sp³-hybridized carbons (Fsp3) is 0.286. The predicted molar refractivity (Wildman–Crippen MR) is 71.7 cm³/mol. The number of rotatable bonds is 5. The van der Waals surface area contributed by atoms with Gasteiger partial charge in [-0.15, -0.1) is 0 Å². The highest BCUT2D eigenvalue weighted by Gasteiger charge is 2.06. The summed E-state index contributed by atoms with van der Waals surface area (Å²) in [6, 6.07) is 7.28. The van der Waals surface area contributed by atoms with Crippen LogP contribution in [0.25, 0.3) is 6.08 Å². The largest absolute Gasteiger partial charge is 0.496 e. The van der Waals surface area contributed by atoms with Crippen LogP contribution >= 0.6 is 0 Å². The zero-order valence-electron chi connectivity index (χ0n) is 11.3. The van der Waals surface area contributed by atoms with E-state index >= 15 is 0 Å². The highest BCUT2D eigenvalue weighted by molar-refractivity contribution is 5.89. The van der Waals surface area contributed by atoms with Gasteiger partial charge in [0.25, 0.3) is 5.91 Å². The van der Waals surface area contributed by atoms with Gasteiger partial charge < -0.3 is 14.4 Å². The van der Waals surface area contributed by atoms with Crippen molar-refractivity contribution in [3.05, 3.63) is 35.9 Å². The maximum atomic E-state index is 11.4. The van der Waals surface area contributed by atoms with Crippen molar-refractivity contribution in [1.29, 1.82) is 0 Å².